The molecule has 34 heavy (non-hydrogen) atoms. The topological polar surface area (TPSA) is 115 Å². The molecule has 3 rings (SSSR count). The molecular weight excluding hydrogens is 521 g/mol. The molecule has 1 aromatic heterocycles. The Kier molecular flexibility index (Phi) is 7.92. The van der Waals surface area contributed by atoms with Gasteiger partial charge in [-0.25, -0.2) is 8.42 Å². The molecule has 0 saturated carbocycles. The number of rotatable bonds is 7. The maximum atomic E-state index is 12.7. The zero-order valence-corrected chi connectivity index (χ0v) is 21.5. The number of sulfonamides is 1. The molecular formula is C22H21Cl3N5O3S-. The van der Waals surface area contributed by atoms with Gasteiger partial charge in [0.05, 0.1) is 4.90 Å². The lowest BCUT2D eigenvalue weighted by Gasteiger charge is -2.27. The second kappa shape index (κ2) is 10.4. The number of benzene rings is 2. The first kappa shape index (κ1) is 26.0. The fourth-order valence-corrected chi connectivity index (χ4v) is 4.13. The van der Waals surface area contributed by atoms with Crippen LogP contribution >= 0.6 is 34.8 Å². The highest BCUT2D eigenvalue weighted by Crippen LogP contribution is 2.32. The van der Waals surface area contributed by atoms with Crippen LogP contribution in [-0.4, -0.2) is 34.3 Å². The highest BCUT2D eigenvalue weighted by molar-refractivity contribution is 7.94. The molecule has 0 bridgehead atoms. The van der Waals surface area contributed by atoms with Crippen LogP contribution in [0.25, 0.3) is 4.72 Å². The molecule has 1 atom stereocenters. The molecule has 1 amide bonds. The maximum Gasteiger partial charge on any atom is 0.252 e. The minimum Gasteiger partial charge on any atom is -0.363 e. The second-order valence-electron chi connectivity index (χ2n) is 7.50. The van der Waals surface area contributed by atoms with Crippen molar-refractivity contribution in [3.63, 3.8) is 0 Å². The van der Waals surface area contributed by atoms with Crippen LogP contribution in [0.2, 0.25) is 0 Å². The van der Waals surface area contributed by atoms with Crippen LogP contribution in [0.5, 0.6) is 0 Å². The van der Waals surface area contributed by atoms with Gasteiger partial charge in [0, 0.05) is 17.2 Å². The van der Waals surface area contributed by atoms with Crippen molar-refractivity contribution in [2.75, 3.05) is 5.32 Å². The van der Waals surface area contributed by atoms with Crippen molar-refractivity contribution in [3.05, 3.63) is 81.8 Å². The van der Waals surface area contributed by atoms with E-state index >= 15 is 0 Å². The van der Waals surface area contributed by atoms with E-state index in [-0.39, 0.29) is 10.8 Å². The number of carbonyl (C=O) groups excluding carboxylic acids is 1. The van der Waals surface area contributed by atoms with Gasteiger partial charge < -0.3 is 20.6 Å². The van der Waals surface area contributed by atoms with E-state index < -0.39 is 25.9 Å². The van der Waals surface area contributed by atoms with Crippen molar-refractivity contribution in [3.8, 4) is 0 Å². The van der Waals surface area contributed by atoms with Crippen LogP contribution in [0.15, 0.2) is 59.5 Å². The summed E-state index contributed by atoms with van der Waals surface area (Å²) >= 11 is 18.2. The van der Waals surface area contributed by atoms with Gasteiger partial charge in [-0.3, -0.25) is 9.52 Å². The zero-order valence-electron chi connectivity index (χ0n) is 18.4. The molecule has 0 saturated heterocycles. The van der Waals surface area contributed by atoms with Gasteiger partial charge in [0.2, 0.25) is 13.8 Å². The summed E-state index contributed by atoms with van der Waals surface area (Å²) in [5.41, 5.74) is 3.00. The number of anilines is 1. The predicted molar refractivity (Wildman–Crippen MR) is 134 cm³/mol. The number of nitrogens with one attached hydrogen (secondary N) is 2. The third-order valence-corrected chi connectivity index (χ3v) is 6.48. The molecule has 1 heterocycles. The Balaban J connectivity index is 1.74. The SMILES string of the molecule is Cc1ccc(C(=O)NC(Nc2ccc(S(=O)(=O)[N-]c3nc(C)cc(C)n3)cc2)C(Cl)(Cl)Cl)cc1. The van der Waals surface area contributed by atoms with Gasteiger partial charge in [0.1, 0.15) is 6.17 Å². The normalized spacial score (nSPS) is 12.6. The van der Waals surface area contributed by atoms with Gasteiger partial charge in [-0.2, -0.15) is 0 Å². The molecule has 180 valence electrons. The lowest BCUT2D eigenvalue weighted by molar-refractivity contribution is 0.0942. The molecule has 2 aromatic carbocycles. The number of aromatic nitrogens is 2. The Hall–Kier alpha value is -2.59. The molecule has 0 fully saturated rings. The Morgan fingerprint density at radius 3 is 2.03 bits per heavy atom. The maximum absolute atomic E-state index is 12.7. The lowest BCUT2D eigenvalue weighted by atomic mass is 10.1. The lowest BCUT2D eigenvalue weighted by Crippen LogP contribution is -2.49. The van der Waals surface area contributed by atoms with Crippen molar-refractivity contribution < 1.29 is 13.2 Å². The molecule has 0 aliphatic heterocycles. The van der Waals surface area contributed by atoms with Crippen molar-refractivity contribution in [1.29, 1.82) is 0 Å². The van der Waals surface area contributed by atoms with Crippen LogP contribution < -0.4 is 10.6 Å². The van der Waals surface area contributed by atoms with Crippen LogP contribution in [-0.2, 0) is 10.0 Å². The van der Waals surface area contributed by atoms with Crippen LogP contribution in [0.3, 0.4) is 0 Å². The van der Waals surface area contributed by atoms with Crippen molar-refractivity contribution in [2.24, 2.45) is 0 Å². The standard InChI is InChI=1S/C22H22Cl3N5O3S/c1-13-4-6-16(7-5-13)19(31)29-20(22(23,24)25)28-17-8-10-18(11-9-17)34(32,33)30-21-26-14(2)12-15(3)27-21/h4-12,20,28H,1-3H3,(H2,26,27,29,30,31)/p-1. The van der Waals surface area contributed by atoms with E-state index in [2.05, 4.69) is 25.3 Å². The number of aryl methyl sites for hydroxylation is 3. The third-order valence-electron chi connectivity index (χ3n) is 4.55. The van der Waals surface area contributed by atoms with Crippen LogP contribution in [0.4, 0.5) is 11.6 Å². The first-order valence-corrected chi connectivity index (χ1v) is 12.5. The minimum atomic E-state index is -4.05. The zero-order chi connectivity index (χ0) is 25.1. The average Bonchev–Trinajstić information content (AvgIpc) is 2.72. The first-order chi connectivity index (χ1) is 15.8. The summed E-state index contributed by atoms with van der Waals surface area (Å²) in [6.07, 6.45) is -1.11. The molecule has 0 radical (unpaired) electrons. The molecule has 0 aliphatic carbocycles. The molecule has 8 nitrogen and oxygen atoms in total. The Morgan fingerprint density at radius 1 is 0.941 bits per heavy atom. The molecule has 3 aromatic rings. The molecule has 0 aliphatic rings. The van der Waals surface area contributed by atoms with Gasteiger partial charge in [-0.05, 0) is 68.6 Å². The van der Waals surface area contributed by atoms with E-state index in [1.165, 1.54) is 24.3 Å². The monoisotopic (exact) mass is 540 g/mol. The second-order valence-corrected chi connectivity index (χ2v) is 11.5. The van der Waals surface area contributed by atoms with E-state index in [1.807, 2.05) is 6.92 Å². The van der Waals surface area contributed by atoms with Gasteiger partial charge in [0.25, 0.3) is 5.91 Å². The smallest absolute Gasteiger partial charge is 0.252 e. The number of amides is 1. The van der Waals surface area contributed by atoms with Crippen LogP contribution in [0, 0.1) is 20.8 Å². The predicted octanol–water partition coefficient (Wildman–Crippen LogP) is 5.33. The van der Waals surface area contributed by atoms with Crippen molar-refractivity contribution >= 4 is 62.4 Å². The quantitative estimate of drug-likeness (QED) is 0.308. The van der Waals surface area contributed by atoms with E-state index in [4.69, 9.17) is 34.8 Å². The number of alkyl halides is 3. The summed E-state index contributed by atoms with van der Waals surface area (Å²) in [6, 6.07) is 14.2. The Morgan fingerprint density at radius 2 is 1.50 bits per heavy atom. The number of halogens is 3. The van der Waals surface area contributed by atoms with E-state index in [0.717, 1.165) is 5.56 Å². The van der Waals surface area contributed by atoms with E-state index in [1.54, 1.807) is 44.2 Å². The number of carbonyl (C=O) groups is 1. The Labute approximate surface area is 213 Å². The van der Waals surface area contributed by atoms with Crippen LogP contribution in [0.1, 0.15) is 27.3 Å². The number of hydrogen-bond acceptors (Lipinski definition) is 6. The summed E-state index contributed by atoms with van der Waals surface area (Å²) in [5, 5.41) is 5.53. The molecule has 0 spiro atoms. The summed E-state index contributed by atoms with van der Waals surface area (Å²) in [7, 11) is -4.05. The highest BCUT2D eigenvalue weighted by Gasteiger charge is 2.34. The fraction of sp³-hybridized carbons (Fsp3) is 0.227. The number of nitrogens with zero attached hydrogens (tertiary/aromatic N) is 3. The largest absolute Gasteiger partial charge is 0.363 e. The average molecular weight is 542 g/mol. The van der Waals surface area contributed by atoms with Crippen molar-refractivity contribution in [1.82, 2.24) is 15.3 Å². The highest BCUT2D eigenvalue weighted by atomic mass is 35.6. The van der Waals surface area contributed by atoms with Gasteiger partial charge in [-0.1, -0.05) is 58.6 Å². The third kappa shape index (κ3) is 6.96. The number of hydrogen-bond donors (Lipinski definition) is 2. The van der Waals surface area contributed by atoms with E-state index in [0.29, 0.717) is 22.6 Å². The Bertz CT molecular complexity index is 1260. The fourth-order valence-electron chi connectivity index (χ4n) is 2.92. The summed E-state index contributed by atoms with van der Waals surface area (Å²) < 4.78 is 27.1. The minimum absolute atomic E-state index is 0.0741. The molecule has 1 unspecified atom stereocenters. The first-order valence-electron chi connectivity index (χ1n) is 9.95. The summed E-state index contributed by atoms with van der Waals surface area (Å²) in [6.45, 7) is 5.35. The molecule has 2 N–H and O–H groups in total. The van der Waals surface area contributed by atoms with E-state index in [9.17, 15) is 13.2 Å². The van der Waals surface area contributed by atoms with Gasteiger partial charge in [0.15, 0.2) is 0 Å². The summed E-state index contributed by atoms with van der Waals surface area (Å²) in [5.74, 6) is -0.593. The van der Waals surface area contributed by atoms with Gasteiger partial charge >= 0.3 is 0 Å². The van der Waals surface area contributed by atoms with Crippen molar-refractivity contribution in [2.45, 2.75) is 35.6 Å². The molecule has 12 heteroatoms. The van der Waals surface area contributed by atoms with Gasteiger partial charge in [-0.15, -0.1) is 0 Å². The summed E-state index contributed by atoms with van der Waals surface area (Å²) in [4.78, 5) is 20.6.